The van der Waals surface area contributed by atoms with Crippen LogP contribution < -0.4 is 20.1 Å². The molecule has 9 nitrogen and oxygen atoms in total. The van der Waals surface area contributed by atoms with E-state index in [4.69, 9.17) is 9.47 Å². The molecule has 0 saturated carbocycles. The minimum atomic E-state index is -0.393. The minimum absolute atomic E-state index is 0.0266. The Morgan fingerprint density at radius 3 is 2.34 bits per heavy atom. The second-order valence-corrected chi connectivity index (χ2v) is 9.14. The fourth-order valence-corrected chi connectivity index (χ4v) is 4.38. The largest absolute Gasteiger partial charge is 0.497 e. The molecule has 0 aliphatic heterocycles. The van der Waals surface area contributed by atoms with Crippen molar-refractivity contribution in [1.82, 2.24) is 20.1 Å². The number of ether oxygens (including phenoxy) is 2. The van der Waals surface area contributed by atoms with Crippen LogP contribution in [-0.2, 0) is 11.3 Å². The van der Waals surface area contributed by atoms with Crippen molar-refractivity contribution in [2.24, 2.45) is 0 Å². The summed E-state index contributed by atoms with van der Waals surface area (Å²) in [4.78, 5) is 25.4. The molecule has 0 radical (unpaired) electrons. The third kappa shape index (κ3) is 6.68. The fraction of sp³-hybridized carbons (Fsp3) is 0.185. The molecule has 11 heteroatoms. The molecule has 196 valence electrons. The number of hydrogen-bond donors (Lipinski definition) is 2. The summed E-state index contributed by atoms with van der Waals surface area (Å²) >= 11 is 1.18. The smallest absolute Gasteiger partial charge is 0.251 e. The zero-order chi connectivity index (χ0) is 27.1. The number of halogens is 1. The highest BCUT2D eigenvalue weighted by molar-refractivity contribution is 7.99. The molecule has 0 atom stereocenters. The third-order valence-corrected chi connectivity index (χ3v) is 6.37. The molecule has 0 saturated heterocycles. The zero-order valence-electron chi connectivity index (χ0n) is 21.0. The van der Waals surface area contributed by atoms with Crippen LogP contribution in [0.5, 0.6) is 11.5 Å². The summed E-state index contributed by atoms with van der Waals surface area (Å²) in [7, 11) is 3.00. The average molecular weight is 536 g/mol. The van der Waals surface area contributed by atoms with E-state index in [9.17, 15) is 14.0 Å². The lowest BCUT2D eigenvalue weighted by Gasteiger charge is -2.12. The molecule has 0 aliphatic carbocycles. The van der Waals surface area contributed by atoms with Crippen LogP contribution in [0, 0.1) is 12.7 Å². The van der Waals surface area contributed by atoms with Gasteiger partial charge in [0, 0.05) is 23.0 Å². The number of nitrogens with zero attached hydrogens (tertiary/aromatic N) is 3. The molecule has 0 spiro atoms. The first kappa shape index (κ1) is 26.7. The fourth-order valence-electron chi connectivity index (χ4n) is 3.61. The van der Waals surface area contributed by atoms with Gasteiger partial charge in [-0.3, -0.25) is 14.2 Å². The van der Waals surface area contributed by atoms with Gasteiger partial charge in [0.1, 0.15) is 17.3 Å². The number of aromatic nitrogens is 3. The third-order valence-electron chi connectivity index (χ3n) is 5.44. The molecular formula is C27H26FN5O4S. The van der Waals surface area contributed by atoms with Crippen molar-refractivity contribution in [3.05, 3.63) is 89.5 Å². The molecule has 4 aromatic rings. The van der Waals surface area contributed by atoms with Crippen LogP contribution in [-0.4, -0.2) is 46.6 Å². The van der Waals surface area contributed by atoms with Crippen LogP contribution in [0.3, 0.4) is 0 Å². The summed E-state index contributed by atoms with van der Waals surface area (Å²) in [6.45, 7) is 1.97. The van der Waals surface area contributed by atoms with Crippen molar-refractivity contribution in [3.8, 4) is 17.2 Å². The van der Waals surface area contributed by atoms with Gasteiger partial charge in [-0.1, -0.05) is 23.9 Å². The van der Waals surface area contributed by atoms with Crippen LogP contribution >= 0.6 is 11.8 Å². The minimum Gasteiger partial charge on any atom is -0.497 e. The maximum absolute atomic E-state index is 13.6. The van der Waals surface area contributed by atoms with E-state index in [-0.39, 0.29) is 24.1 Å². The Balaban J connectivity index is 1.51. The van der Waals surface area contributed by atoms with E-state index in [1.807, 2.05) is 31.2 Å². The number of carbonyl (C=O) groups is 2. The molecular weight excluding hydrogens is 509 g/mol. The summed E-state index contributed by atoms with van der Waals surface area (Å²) < 4.78 is 25.8. The first-order valence-electron chi connectivity index (χ1n) is 11.6. The van der Waals surface area contributed by atoms with E-state index >= 15 is 0 Å². The highest BCUT2D eigenvalue weighted by atomic mass is 32.2. The molecule has 3 aromatic carbocycles. The van der Waals surface area contributed by atoms with Crippen molar-refractivity contribution in [3.63, 3.8) is 0 Å². The highest BCUT2D eigenvalue weighted by Crippen LogP contribution is 2.24. The van der Waals surface area contributed by atoms with Gasteiger partial charge in [0.05, 0.1) is 26.5 Å². The number of amides is 2. The number of rotatable bonds is 10. The molecule has 4 rings (SSSR count). The average Bonchev–Trinajstić information content (AvgIpc) is 3.33. The van der Waals surface area contributed by atoms with E-state index in [1.165, 1.54) is 38.1 Å². The summed E-state index contributed by atoms with van der Waals surface area (Å²) in [6, 6.07) is 18.2. The normalized spacial score (nSPS) is 10.6. The lowest BCUT2D eigenvalue weighted by molar-refractivity contribution is -0.113. The first-order valence-corrected chi connectivity index (χ1v) is 12.6. The van der Waals surface area contributed by atoms with E-state index in [1.54, 1.807) is 34.9 Å². The van der Waals surface area contributed by atoms with Crippen molar-refractivity contribution in [1.29, 1.82) is 0 Å². The van der Waals surface area contributed by atoms with Gasteiger partial charge in [0.2, 0.25) is 5.91 Å². The molecule has 38 heavy (non-hydrogen) atoms. The summed E-state index contributed by atoms with van der Waals surface area (Å²) in [5.41, 5.74) is 2.67. The van der Waals surface area contributed by atoms with Gasteiger partial charge in [-0.2, -0.15) is 0 Å². The molecule has 0 aliphatic rings. The maximum Gasteiger partial charge on any atom is 0.251 e. The molecule has 0 fully saturated rings. The van der Waals surface area contributed by atoms with Crippen molar-refractivity contribution < 1.29 is 23.5 Å². The van der Waals surface area contributed by atoms with Gasteiger partial charge in [-0.15, -0.1) is 10.2 Å². The van der Waals surface area contributed by atoms with Crippen LogP contribution in [0.15, 0.2) is 71.9 Å². The summed E-state index contributed by atoms with van der Waals surface area (Å²) in [5.74, 6) is 0.456. The number of nitrogens with one attached hydrogen (secondary N) is 2. The molecule has 2 amide bonds. The summed E-state index contributed by atoms with van der Waals surface area (Å²) in [5, 5.41) is 14.5. The number of anilines is 1. The monoisotopic (exact) mass is 535 g/mol. The van der Waals surface area contributed by atoms with Gasteiger partial charge >= 0.3 is 0 Å². The van der Waals surface area contributed by atoms with Crippen molar-refractivity contribution in [2.75, 3.05) is 25.3 Å². The van der Waals surface area contributed by atoms with E-state index in [2.05, 4.69) is 20.8 Å². The van der Waals surface area contributed by atoms with E-state index < -0.39 is 5.82 Å². The Morgan fingerprint density at radius 2 is 1.68 bits per heavy atom. The molecule has 2 N–H and O–H groups in total. The standard InChI is InChI=1S/C27H26FN5O4S/c1-17-5-4-6-20(11-17)30-25(34)16-38-27-32-31-24(33(27)21-9-7-19(28)8-10-21)15-29-26(35)18-12-22(36-2)14-23(13-18)37-3/h4-14H,15-16H2,1-3H3,(H,29,35)(H,30,34). The number of thioether (sulfide) groups is 1. The predicted molar refractivity (Wildman–Crippen MR) is 143 cm³/mol. The van der Waals surface area contributed by atoms with Gasteiger partial charge < -0.3 is 20.1 Å². The lowest BCUT2D eigenvalue weighted by atomic mass is 10.2. The maximum atomic E-state index is 13.6. The summed E-state index contributed by atoms with van der Waals surface area (Å²) in [6.07, 6.45) is 0. The first-order chi connectivity index (χ1) is 18.4. The van der Waals surface area contributed by atoms with Crippen LogP contribution in [0.1, 0.15) is 21.7 Å². The topological polar surface area (TPSA) is 107 Å². The Labute approximate surface area is 223 Å². The van der Waals surface area contributed by atoms with Crippen LogP contribution in [0.4, 0.5) is 10.1 Å². The molecule has 1 aromatic heterocycles. The number of benzene rings is 3. The predicted octanol–water partition coefficient (Wildman–Crippen LogP) is 4.39. The number of carbonyl (C=O) groups excluding carboxylic acids is 2. The molecule has 1 heterocycles. The highest BCUT2D eigenvalue weighted by Gasteiger charge is 2.18. The van der Waals surface area contributed by atoms with Gasteiger partial charge in [-0.05, 0) is 61.0 Å². The molecule has 0 bridgehead atoms. The SMILES string of the molecule is COc1cc(OC)cc(C(=O)NCc2nnc(SCC(=O)Nc3cccc(C)c3)n2-c2ccc(F)cc2)c1. The van der Waals surface area contributed by atoms with E-state index in [0.29, 0.717) is 39.4 Å². The molecule has 0 unspecified atom stereocenters. The Kier molecular flexibility index (Phi) is 8.59. The number of methoxy groups -OCH3 is 2. The van der Waals surface area contributed by atoms with Gasteiger partial charge in [0.25, 0.3) is 5.91 Å². The second-order valence-electron chi connectivity index (χ2n) is 8.20. The quantitative estimate of drug-likeness (QED) is 0.290. The number of aryl methyl sites for hydroxylation is 1. The van der Waals surface area contributed by atoms with Crippen LogP contribution in [0.2, 0.25) is 0 Å². The van der Waals surface area contributed by atoms with Gasteiger partial charge in [0.15, 0.2) is 11.0 Å². The van der Waals surface area contributed by atoms with Crippen molar-refractivity contribution >= 4 is 29.3 Å². The van der Waals surface area contributed by atoms with Gasteiger partial charge in [-0.25, -0.2) is 4.39 Å². The van der Waals surface area contributed by atoms with E-state index in [0.717, 1.165) is 5.56 Å². The Bertz CT molecular complexity index is 1420. The zero-order valence-corrected chi connectivity index (χ0v) is 21.8. The Morgan fingerprint density at radius 1 is 0.974 bits per heavy atom. The van der Waals surface area contributed by atoms with Crippen molar-refractivity contribution in [2.45, 2.75) is 18.6 Å². The second kappa shape index (κ2) is 12.2. The lowest BCUT2D eigenvalue weighted by Crippen LogP contribution is -2.24. The Hall–Kier alpha value is -4.38. The number of hydrogen-bond acceptors (Lipinski definition) is 7. The van der Waals surface area contributed by atoms with Crippen LogP contribution in [0.25, 0.3) is 5.69 Å².